The van der Waals surface area contributed by atoms with Gasteiger partial charge < -0.3 is 15.4 Å². The van der Waals surface area contributed by atoms with Crippen molar-refractivity contribution in [3.8, 4) is 0 Å². The monoisotopic (exact) mass is 208 g/mol. The molecule has 84 valence electrons. The summed E-state index contributed by atoms with van der Waals surface area (Å²) in [5, 5.41) is 12.9. The normalized spacial score (nSPS) is 19.5. The highest BCUT2D eigenvalue weighted by atomic mass is 16.3. The van der Waals surface area contributed by atoms with E-state index in [4.69, 9.17) is 0 Å². The second kappa shape index (κ2) is 4.81. The Hall–Kier alpha value is -0.800. The first kappa shape index (κ1) is 10.7. The molecule has 0 saturated heterocycles. The summed E-state index contributed by atoms with van der Waals surface area (Å²) >= 11 is 0. The number of aromatic nitrogens is 1. The smallest absolute Gasteiger partial charge is 0.0499 e. The number of hydrogen-bond acceptors (Lipinski definition) is 2. The zero-order chi connectivity index (χ0) is 10.6. The van der Waals surface area contributed by atoms with Crippen LogP contribution < -0.4 is 5.32 Å². The van der Waals surface area contributed by atoms with Gasteiger partial charge in [-0.2, -0.15) is 0 Å². The highest BCUT2D eigenvalue weighted by Crippen LogP contribution is 2.36. The number of nitrogens with one attached hydrogen (secondary N) is 2. The van der Waals surface area contributed by atoms with Crippen LogP contribution in [0.3, 0.4) is 0 Å². The van der Waals surface area contributed by atoms with E-state index in [0.717, 1.165) is 13.1 Å². The first-order chi connectivity index (χ1) is 7.35. The molecule has 3 N–H and O–H groups in total. The topological polar surface area (TPSA) is 48.0 Å². The van der Waals surface area contributed by atoms with Crippen molar-refractivity contribution >= 4 is 0 Å². The van der Waals surface area contributed by atoms with Crippen LogP contribution in [0.5, 0.6) is 0 Å². The molecule has 1 heterocycles. The minimum absolute atomic E-state index is 0.163. The Labute approximate surface area is 90.9 Å². The van der Waals surface area contributed by atoms with E-state index in [1.807, 2.05) is 12.4 Å². The van der Waals surface area contributed by atoms with Crippen LogP contribution in [-0.2, 0) is 6.54 Å². The maximum Gasteiger partial charge on any atom is 0.0499 e. The average Bonchev–Trinajstić information content (AvgIpc) is 2.89. The molecule has 0 aromatic carbocycles. The summed E-state index contributed by atoms with van der Waals surface area (Å²) in [5.41, 5.74) is 1.44. The Kier molecular flexibility index (Phi) is 3.44. The van der Waals surface area contributed by atoms with Gasteiger partial charge in [0.05, 0.1) is 0 Å². The first-order valence-electron chi connectivity index (χ1n) is 5.78. The molecule has 0 amide bonds. The van der Waals surface area contributed by atoms with Crippen molar-refractivity contribution in [1.29, 1.82) is 0 Å². The van der Waals surface area contributed by atoms with Gasteiger partial charge in [0, 0.05) is 37.5 Å². The largest absolute Gasteiger partial charge is 0.396 e. The van der Waals surface area contributed by atoms with E-state index >= 15 is 0 Å². The SMILES string of the molecule is OCC1(CNCc2cc[nH]c2)CCCC1. The predicted octanol–water partition coefficient (Wildman–Crippen LogP) is 1.66. The maximum absolute atomic E-state index is 9.43. The summed E-state index contributed by atoms with van der Waals surface area (Å²) in [6, 6.07) is 2.08. The standard InChI is InChI=1S/C12H20N2O/c15-10-12(4-1-2-5-12)9-14-8-11-3-6-13-7-11/h3,6-7,13-15H,1-2,4-5,8-10H2. The van der Waals surface area contributed by atoms with Crippen molar-refractivity contribution in [3.63, 3.8) is 0 Å². The molecule has 3 heteroatoms. The number of hydrogen-bond donors (Lipinski definition) is 3. The molecule has 15 heavy (non-hydrogen) atoms. The molecule has 1 saturated carbocycles. The van der Waals surface area contributed by atoms with E-state index in [0.29, 0.717) is 6.61 Å². The average molecular weight is 208 g/mol. The molecule has 3 nitrogen and oxygen atoms in total. The van der Waals surface area contributed by atoms with E-state index in [1.165, 1.54) is 31.2 Å². The van der Waals surface area contributed by atoms with Crippen molar-refractivity contribution in [2.24, 2.45) is 5.41 Å². The zero-order valence-corrected chi connectivity index (χ0v) is 9.13. The van der Waals surface area contributed by atoms with E-state index in [1.54, 1.807) is 0 Å². The van der Waals surface area contributed by atoms with E-state index in [2.05, 4.69) is 16.4 Å². The van der Waals surface area contributed by atoms with Gasteiger partial charge in [0.25, 0.3) is 0 Å². The fraction of sp³-hybridized carbons (Fsp3) is 0.667. The molecular formula is C12H20N2O. The Morgan fingerprint density at radius 1 is 1.40 bits per heavy atom. The van der Waals surface area contributed by atoms with E-state index in [9.17, 15) is 5.11 Å². The molecule has 0 bridgehead atoms. The lowest BCUT2D eigenvalue weighted by Crippen LogP contribution is -2.34. The third-order valence-corrected chi connectivity index (χ3v) is 3.49. The Morgan fingerprint density at radius 3 is 2.80 bits per heavy atom. The number of aliphatic hydroxyl groups excluding tert-OH is 1. The van der Waals surface area contributed by atoms with Crippen molar-refractivity contribution in [3.05, 3.63) is 24.0 Å². The summed E-state index contributed by atoms with van der Waals surface area (Å²) < 4.78 is 0. The lowest BCUT2D eigenvalue weighted by atomic mass is 9.87. The van der Waals surface area contributed by atoms with Crippen molar-refractivity contribution in [2.45, 2.75) is 32.2 Å². The van der Waals surface area contributed by atoms with Crippen LogP contribution >= 0.6 is 0 Å². The van der Waals surface area contributed by atoms with Crippen molar-refractivity contribution < 1.29 is 5.11 Å². The Bertz CT molecular complexity index is 276. The second-order valence-electron chi connectivity index (χ2n) is 4.69. The number of rotatable bonds is 5. The minimum Gasteiger partial charge on any atom is -0.396 e. The van der Waals surface area contributed by atoms with Gasteiger partial charge in [0.15, 0.2) is 0 Å². The predicted molar refractivity (Wildman–Crippen MR) is 60.5 cm³/mol. The molecule has 2 rings (SSSR count). The second-order valence-corrected chi connectivity index (χ2v) is 4.69. The summed E-state index contributed by atoms with van der Waals surface area (Å²) in [6.07, 6.45) is 8.83. The van der Waals surface area contributed by atoms with Crippen LogP contribution in [0.1, 0.15) is 31.2 Å². The zero-order valence-electron chi connectivity index (χ0n) is 9.13. The van der Waals surface area contributed by atoms with Crippen molar-refractivity contribution in [2.75, 3.05) is 13.2 Å². The fourth-order valence-electron chi connectivity index (χ4n) is 2.46. The van der Waals surface area contributed by atoms with Crippen LogP contribution in [0.4, 0.5) is 0 Å². The molecule has 1 aliphatic carbocycles. The van der Waals surface area contributed by atoms with Gasteiger partial charge in [-0.05, 0) is 24.5 Å². The molecule has 0 atom stereocenters. The molecule has 0 radical (unpaired) electrons. The molecule has 0 aliphatic heterocycles. The molecule has 1 aromatic rings. The maximum atomic E-state index is 9.43. The van der Waals surface area contributed by atoms with Crippen LogP contribution in [0.25, 0.3) is 0 Å². The van der Waals surface area contributed by atoms with Gasteiger partial charge in [-0.15, -0.1) is 0 Å². The van der Waals surface area contributed by atoms with Crippen molar-refractivity contribution in [1.82, 2.24) is 10.3 Å². The summed E-state index contributed by atoms with van der Waals surface area (Å²) in [6.45, 7) is 2.16. The van der Waals surface area contributed by atoms with E-state index < -0.39 is 0 Å². The van der Waals surface area contributed by atoms with Crippen LogP contribution in [0, 0.1) is 5.41 Å². The van der Waals surface area contributed by atoms with Gasteiger partial charge in [-0.25, -0.2) is 0 Å². The molecule has 1 aromatic heterocycles. The molecule has 1 aliphatic rings. The summed E-state index contributed by atoms with van der Waals surface area (Å²) in [7, 11) is 0. The molecule has 1 fully saturated rings. The van der Waals surface area contributed by atoms with Crippen LogP contribution in [0.15, 0.2) is 18.5 Å². The van der Waals surface area contributed by atoms with Gasteiger partial charge in [0.2, 0.25) is 0 Å². The molecule has 0 spiro atoms. The Morgan fingerprint density at radius 2 is 2.20 bits per heavy atom. The third-order valence-electron chi connectivity index (χ3n) is 3.49. The molecule has 0 unspecified atom stereocenters. The van der Waals surface area contributed by atoms with E-state index in [-0.39, 0.29) is 5.41 Å². The highest BCUT2D eigenvalue weighted by Gasteiger charge is 2.32. The summed E-state index contributed by atoms with van der Waals surface area (Å²) in [5.74, 6) is 0. The third kappa shape index (κ3) is 2.61. The lowest BCUT2D eigenvalue weighted by Gasteiger charge is -2.26. The van der Waals surface area contributed by atoms with Gasteiger partial charge >= 0.3 is 0 Å². The van der Waals surface area contributed by atoms with Crippen LogP contribution in [-0.4, -0.2) is 23.2 Å². The fourth-order valence-corrected chi connectivity index (χ4v) is 2.46. The van der Waals surface area contributed by atoms with Crippen LogP contribution in [0.2, 0.25) is 0 Å². The van der Waals surface area contributed by atoms with Gasteiger partial charge in [-0.3, -0.25) is 0 Å². The molecular weight excluding hydrogens is 188 g/mol. The Balaban J connectivity index is 1.77. The number of aliphatic hydroxyl groups is 1. The highest BCUT2D eigenvalue weighted by molar-refractivity contribution is 5.07. The lowest BCUT2D eigenvalue weighted by molar-refractivity contribution is 0.128. The van der Waals surface area contributed by atoms with Gasteiger partial charge in [-0.1, -0.05) is 12.8 Å². The summed E-state index contributed by atoms with van der Waals surface area (Å²) in [4.78, 5) is 3.04. The minimum atomic E-state index is 0.163. The number of H-pyrrole nitrogens is 1. The number of aromatic amines is 1. The van der Waals surface area contributed by atoms with Gasteiger partial charge in [0.1, 0.15) is 0 Å². The first-order valence-corrected chi connectivity index (χ1v) is 5.78. The quantitative estimate of drug-likeness (QED) is 0.689.